The summed E-state index contributed by atoms with van der Waals surface area (Å²) in [6.45, 7) is 3.37. The van der Waals surface area contributed by atoms with Gasteiger partial charge in [-0.2, -0.15) is 0 Å². The summed E-state index contributed by atoms with van der Waals surface area (Å²) in [4.78, 5) is 31.2. The average Bonchev–Trinajstić information content (AvgIpc) is 3.28. The van der Waals surface area contributed by atoms with Gasteiger partial charge in [-0.3, -0.25) is 9.59 Å². The highest BCUT2D eigenvalue weighted by Crippen LogP contribution is 2.33. The van der Waals surface area contributed by atoms with Crippen LogP contribution in [0.15, 0.2) is 48.5 Å². The molecule has 1 aliphatic rings. The molecule has 0 radical (unpaired) electrons. The van der Waals surface area contributed by atoms with Crippen LogP contribution >= 0.6 is 0 Å². The van der Waals surface area contributed by atoms with Crippen molar-refractivity contribution in [3.8, 4) is 0 Å². The highest BCUT2D eigenvalue weighted by Gasteiger charge is 2.38. The minimum atomic E-state index is -0.390. The second kappa shape index (κ2) is 8.32. The van der Waals surface area contributed by atoms with E-state index in [2.05, 4.69) is 21.7 Å². The Bertz CT molecular complexity index is 1090. The Balaban J connectivity index is 1.53. The van der Waals surface area contributed by atoms with Gasteiger partial charge in [0.1, 0.15) is 5.69 Å². The number of hydrogen-bond donors (Lipinski definition) is 3. The first kappa shape index (κ1) is 20.2. The highest BCUT2D eigenvalue weighted by atomic mass is 16.2. The van der Waals surface area contributed by atoms with E-state index in [0.29, 0.717) is 18.7 Å². The topological polar surface area (TPSA) is 77.2 Å². The number of benzene rings is 2. The number of hydrogen-bond acceptors (Lipinski definition) is 3. The van der Waals surface area contributed by atoms with Gasteiger partial charge in [-0.15, -0.1) is 0 Å². The Morgan fingerprint density at radius 3 is 2.73 bits per heavy atom. The summed E-state index contributed by atoms with van der Waals surface area (Å²) >= 11 is 0. The van der Waals surface area contributed by atoms with Crippen molar-refractivity contribution >= 4 is 22.7 Å². The predicted molar refractivity (Wildman–Crippen MR) is 119 cm³/mol. The standard InChI is InChI=1S/C24H28N4O2/c1-15-8-9-19-17(12-15)14-21(26-19)23(29)27-20-13-16-6-4-5-7-18(16)22(20)24(30)25-10-11-28(2)3/h4-9,12,14,20,22,26H,10-11,13H2,1-3H3,(H,25,30)(H,27,29)/t20-,22+/m0/s1. The lowest BCUT2D eigenvalue weighted by molar-refractivity contribution is -0.122. The maximum atomic E-state index is 13.0. The Morgan fingerprint density at radius 2 is 1.93 bits per heavy atom. The number of nitrogens with one attached hydrogen (secondary N) is 3. The second-order valence-corrected chi connectivity index (χ2v) is 8.33. The molecule has 4 rings (SSSR count). The number of H-pyrrole nitrogens is 1. The predicted octanol–water partition coefficient (Wildman–Crippen LogP) is 2.59. The van der Waals surface area contributed by atoms with E-state index in [9.17, 15) is 9.59 Å². The molecule has 0 saturated heterocycles. The number of aryl methyl sites for hydroxylation is 1. The van der Waals surface area contributed by atoms with Crippen LogP contribution in [0.2, 0.25) is 0 Å². The van der Waals surface area contributed by atoms with E-state index in [1.54, 1.807) is 0 Å². The molecule has 2 atom stereocenters. The van der Waals surface area contributed by atoms with Crippen LogP contribution in [0.25, 0.3) is 10.9 Å². The molecule has 0 unspecified atom stereocenters. The zero-order chi connectivity index (χ0) is 21.3. The SMILES string of the molecule is Cc1ccc2[nH]c(C(=O)N[C@H]3Cc4ccccc4[C@H]3C(=O)NCCN(C)C)cc2c1. The second-order valence-electron chi connectivity index (χ2n) is 8.33. The first-order valence-electron chi connectivity index (χ1n) is 10.3. The number of aromatic nitrogens is 1. The maximum Gasteiger partial charge on any atom is 0.267 e. The highest BCUT2D eigenvalue weighted by molar-refractivity contribution is 5.99. The van der Waals surface area contributed by atoms with Crippen molar-refractivity contribution in [2.75, 3.05) is 27.2 Å². The summed E-state index contributed by atoms with van der Waals surface area (Å²) in [7, 11) is 3.95. The van der Waals surface area contributed by atoms with Crippen LogP contribution in [0.4, 0.5) is 0 Å². The number of aromatic amines is 1. The summed E-state index contributed by atoms with van der Waals surface area (Å²) < 4.78 is 0. The molecule has 6 heteroatoms. The number of likely N-dealkylation sites (N-methyl/N-ethyl adjacent to an activating group) is 1. The smallest absolute Gasteiger partial charge is 0.267 e. The molecule has 3 aromatic rings. The third-order valence-corrected chi connectivity index (χ3v) is 5.71. The van der Waals surface area contributed by atoms with E-state index >= 15 is 0 Å². The quantitative estimate of drug-likeness (QED) is 0.591. The van der Waals surface area contributed by atoms with Crippen LogP contribution in [0.1, 0.15) is 33.1 Å². The van der Waals surface area contributed by atoms with Gasteiger partial charge >= 0.3 is 0 Å². The number of fused-ring (bicyclic) bond motifs is 2. The molecule has 0 spiro atoms. The zero-order valence-electron chi connectivity index (χ0n) is 17.7. The number of nitrogens with zero attached hydrogens (tertiary/aromatic N) is 1. The van der Waals surface area contributed by atoms with E-state index in [-0.39, 0.29) is 23.8 Å². The summed E-state index contributed by atoms with van der Waals surface area (Å²) in [5.74, 6) is -0.619. The molecule has 0 saturated carbocycles. The van der Waals surface area contributed by atoms with Crippen molar-refractivity contribution < 1.29 is 9.59 Å². The van der Waals surface area contributed by atoms with E-state index in [1.165, 1.54) is 0 Å². The minimum absolute atomic E-state index is 0.0422. The molecular weight excluding hydrogens is 376 g/mol. The number of rotatable bonds is 6. The van der Waals surface area contributed by atoms with Crippen molar-refractivity contribution in [3.63, 3.8) is 0 Å². The van der Waals surface area contributed by atoms with Crippen molar-refractivity contribution in [1.82, 2.24) is 20.5 Å². The fourth-order valence-electron chi connectivity index (χ4n) is 4.19. The molecule has 30 heavy (non-hydrogen) atoms. The molecular formula is C24H28N4O2. The first-order valence-corrected chi connectivity index (χ1v) is 10.3. The van der Waals surface area contributed by atoms with Gasteiger partial charge in [0.2, 0.25) is 5.91 Å². The molecule has 0 fully saturated rings. The molecule has 0 aliphatic heterocycles. The monoisotopic (exact) mass is 404 g/mol. The normalized spacial score (nSPS) is 17.9. The van der Waals surface area contributed by atoms with Crippen LogP contribution in [0.5, 0.6) is 0 Å². The van der Waals surface area contributed by atoms with Gasteiger partial charge in [0, 0.05) is 30.0 Å². The molecule has 1 aromatic heterocycles. The lowest BCUT2D eigenvalue weighted by Crippen LogP contribution is -2.44. The Morgan fingerprint density at radius 1 is 1.13 bits per heavy atom. The molecule has 2 aromatic carbocycles. The van der Waals surface area contributed by atoms with E-state index < -0.39 is 0 Å². The molecule has 3 N–H and O–H groups in total. The van der Waals surface area contributed by atoms with E-state index in [0.717, 1.165) is 34.1 Å². The summed E-state index contributed by atoms with van der Waals surface area (Å²) in [6, 6.07) is 15.6. The maximum absolute atomic E-state index is 13.0. The minimum Gasteiger partial charge on any atom is -0.354 e. The Hall–Kier alpha value is -3.12. The Labute approximate surface area is 176 Å². The van der Waals surface area contributed by atoms with Crippen molar-refractivity contribution in [1.29, 1.82) is 0 Å². The van der Waals surface area contributed by atoms with Crippen LogP contribution in [-0.4, -0.2) is 54.9 Å². The van der Waals surface area contributed by atoms with E-state index in [1.807, 2.05) is 68.4 Å². The van der Waals surface area contributed by atoms with Gasteiger partial charge in [-0.1, -0.05) is 35.9 Å². The molecule has 0 bridgehead atoms. The molecule has 1 heterocycles. The summed E-state index contributed by atoms with van der Waals surface area (Å²) in [5.41, 5.74) is 4.70. The van der Waals surface area contributed by atoms with Gasteiger partial charge in [0.15, 0.2) is 0 Å². The third-order valence-electron chi connectivity index (χ3n) is 5.71. The molecule has 6 nitrogen and oxygen atoms in total. The van der Waals surface area contributed by atoms with Crippen molar-refractivity contribution in [2.24, 2.45) is 0 Å². The lowest BCUT2D eigenvalue weighted by Gasteiger charge is -2.21. The molecule has 2 amide bonds. The third kappa shape index (κ3) is 4.09. The number of carbonyl (C=O) groups excluding carboxylic acids is 2. The van der Waals surface area contributed by atoms with E-state index in [4.69, 9.17) is 0 Å². The summed E-state index contributed by atoms with van der Waals surface area (Å²) in [6.07, 6.45) is 0.646. The Kier molecular flexibility index (Phi) is 5.59. The average molecular weight is 405 g/mol. The first-order chi connectivity index (χ1) is 14.4. The zero-order valence-corrected chi connectivity index (χ0v) is 17.7. The van der Waals surface area contributed by atoms with Crippen molar-refractivity contribution in [3.05, 3.63) is 70.9 Å². The van der Waals surface area contributed by atoms with Gasteiger partial charge in [0.25, 0.3) is 5.91 Å². The van der Waals surface area contributed by atoms with Gasteiger partial charge in [-0.25, -0.2) is 0 Å². The van der Waals surface area contributed by atoms with Crippen molar-refractivity contribution in [2.45, 2.75) is 25.3 Å². The lowest BCUT2D eigenvalue weighted by atomic mass is 9.97. The fraction of sp³-hybridized carbons (Fsp3) is 0.333. The van der Waals surface area contributed by atoms with Crippen LogP contribution in [-0.2, 0) is 11.2 Å². The van der Waals surface area contributed by atoms with Crippen LogP contribution < -0.4 is 10.6 Å². The summed E-state index contributed by atoms with van der Waals surface area (Å²) in [5, 5.41) is 7.14. The van der Waals surface area contributed by atoms with Gasteiger partial charge in [0.05, 0.1) is 5.92 Å². The van der Waals surface area contributed by atoms with Gasteiger partial charge in [-0.05, 0) is 56.8 Å². The number of carbonyl (C=O) groups is 2. The van der Waals surface area contributed by atoms with Crippen LogP contribution in [0.3, 0.4) is 0 Å². The van der Waals surface area contributed by atoms with Gasteiger partial charge < -0.3 is 20.5 Å². The molecule has 1 aliphatic carbocycles. The van der Waals surface area contributed by atoms with Crippen LogP contribution in [0, 0.1) is 6.92 Å². The molecule has 156 valence electrons. The number of amides is 2. The fourth-order valence-corrected chi connectivity index (χ4v) is 4.19. The largest absolute Gasteiger partial charge is 0.354 e.